The van der Waals surface area contributed by atoms with E-state index in [0.717, 1.165) is 0 Å². The van der Waals surface area contributed by atoms with Crippen LogP contribution in [0.5, 0.6) is 5.75 Å². The number of hydrogen-bond acceptors (Lipinski definition) is 5. The van der Waals surface area contributed by atoms with E-state index in [0.29, 0.717) is 11.1 Å². The first-order valence-electron chi connectivity index (χ1n) is 5.31. The van der Waals surface area contributed by atoms with Crippen LogP contribution >= 0.6 is 0 Å². The number of nitrogens with one attached hydrogen (secondary N) is 1. The molecule has 0 heterocycles. The van der Waals surface area contributed by atoms with Crippen LogP contribution in [0.3, 0.4) is 0 Å². The fraction of sp³-hybridized carbons (Fsp3) is 0. The predicted molar refractivity (Wildman–Crippen MR) is 69.6 cm³/mol. The molecule has 6 nitrogen and oxygen atoms in total. The summed E-state index contributed by atoms with van der Waals surface area (Å²) in [5, 5.41) is 25.6. The molecule has 2 aromatic carbocycles. The minimum absolute atomic E-state index is 0.144. The van der Waals surface area contributed by atoms with E-state index in [1.54, 1.807) is 36.4 Å². The monoisotopic (exact) mass is 262 g/mol. The van der Waals surface area contributed by atoms with E-state index in [4.69, 9.17) is 10.3 Å². The van der Waals surface area contributed by atoms with Crippen LogP contribution in [0.15, 0.2) is 48.5 Å². The molecular formula is C13H14N2O4. The van der Waals surface area contributed by atoms with Crippen LogP contribution in [0, 0.1) is 0 Å². The number of nitrogens with two attached hydrogens (primary N) is 1. The van der Waals surface area contributed by atoms with Crippen LogP contribution in [-0.4, -0.2) is 21.4 Å². The van der Waals surface area contributed by atoms with E-state index in [-0.39, 0.29) is 11.3 Å². The maximum atomic E-state index is 10.8. The maximum absolute atomic E-state index is 10.8. The number of phenols is 1. The second-order valence-electron chi connectivity index (χ2n) is 3.53. The van der Waals surface area contributed by atoms with Crippen molar-refractivity contribution in [3.8, 4) is 16.9 Å². The number of rotatable bonds is 2. The molecule has 0 atom stereocenters. The molecule has 0 saturated carbocycles. The van der Waals surface area contributed by atoms with Crippen molar-refractivity contribution in [2.75, 3.05) is 0 Å². The Kier molecular flexibility index (Phi) is 5.49. The molecule has 19 heavy (non-hydrogen) atoms. The highest BCUT2D eigenvalue weighted by Crippen LogP contribution is 2.28. The summed E-state index contributed by atoms with van der Waals surface area (Å²) in [7, 11) is 0. The molecule has 2 rings (SSSR count). The number of carboxylic acids is 1. The van der Waals surface area contributed by atoms with Gasteiger partial charge in [0.2, 0.25) is 0 Å². The van der Waals surface area contributed by atoms with Crippen molar-refractivity contribution in [1.82, 2.24) is 5.59 Å². The first-order chi connectivity index (χ1) is 9.10. The van der Waals surface area contributed by atoms with Crippen molar-refractivity contribution in [1.29, 1.82) is 0 Å². The minimum Gasteiger partial charge on any atom is -0.507 e. The molecule has 0 fully saturated rings. The van der Waals surface area contributed by atoms with Gasteiger partial charge in [0.1, 0.15) is 5.75 Å². The summed E-state index contributed by atoms with van der Waals surface area (Å²) in [6.45, 7) is 0. The Labute approximate surface area is 109 Å². The van der Waals surface area contributed by atoms with Gasteiger partial charge in [-0.15, -0.1) is 5.59 Å². The fourth-order valence-corrected chi connectivity index (χ4v) is 1.54. The molecule has 0 aliphatic carbocycles. The molecule has 0 bridgehead atoms. The second-order valence-corrected chi connectivity index (χ2v) is 3.53. The molecule has 0 aromatic heterocycles. The van der Waals surface area contributed by atoms with Gasteiger partial charge >= 0.3 is 5.97 Å². The third-order valence-electron chi connectivity index (χ3n) is 2.32. The predicted octanol–water partition coefficient (Wildman–Crippen LogP) is 1.60. The van der Waals surface area contributed by atoms with Gasteiger partial charge in [-0.25, -0.2) is 10.6 Å². The molecule has 0 unspecified atom stereocenters. The Morgan fingerprint density at radius 2 is 1.74 bits per heavy atom. The maximum Gasteiger partial charge on any atom is 0.335 e. The molecule has 0 amide bonds. The SMILES string of the molecule is NNO.O=C(O)c1cccc(-c2ccccc2O)c1. The van der Waals surface area contributed by atoms with Gasteiger partial charge in [-0.05, 0) is 23.8 Å². The Balaban J connectivity index is 0.000000550. The zero-order valence-corrected chi connectivity index (χ0v) is 9.95. The highest BCUT2D eigenvalue weighted by atomic mass is 16.5. The van der Waals surface area contributed by atoms with Gasteiger partial charge in [0, 0.05) is 5.56 Å². The molecule has 6 heteroatoms. The summed E-state index contributed by atoms with van der Waals surface area (Å²) >= 11 is 0. The normalized spacial score (nSPS) is 9.37. The van der Waals surface area contributed by atoms with Crippen molar-refractivity contribution >= 4 is 5.97 Å². The quantitative estimate of drug-likeness (QED) is 0.414. The van der Waals surface area contributed by atoms with Gasteiger partial charge in [-0.2, -0.15) is 0 Å². The van der Waals surface area contributed by atoms with Crippen LogP contribution in [0.4, 0.5) is 0 Å². The summed E-state index contributed by atoms with van der Waals surface area (Å²) in [4.78, 5) is 10.8. The summed E-state index contributed by atoms with van der Waals surface area (Å²) in [5.41, 5.74) is 2.78. The molecule has 0 radical (unpaired) electrons. The lowest BCUT2D eigenvalue weighted by Crippen LogP contribution is -2.14. The third-order valence-corrected chi connectivity index (χ3v) is 2.32. The Hall–Kier alpha value is -2.41. The van der Waals surface area contributed by atoms with Crippen molar-refractivity contribution in [2.24, 2.45) is 5.84 Å². The molecule has 6 N–H and O–H groups in total. The van der Waals surface area contributed by atoms with Gasteiger partial charge in [0.15, 0.2) is 0 Å². The highest BCUT2D eigenvalue weighted by molar-refractivity contribution is 5.89. The number of aromatic hydroxyl groups is 1. The number of carbonyl (C=O) groups is 1. The Bertz CT molecular complexity index is 558. The molecule has 0 saturated heterocycles. The standard InChI is InChI=1S/C13H10O3.H4N2O/c14-12-7-2-1-6-11(12)9-4-3-5-10(8-9)13(15)16;1-2-3/h1-8,14H,(H,15,16);2-3H,1H2. The topological polar surface area (TPSA) is 116 Å². The number of carboxylic acid groups (broad SMARTS) is 1. The molecule has 2 aromatic rings. The minimum atomic E-state index is -0.975. The Morgan fingerprint density at radius 3 is 2.32 bits per heavy atom. The second kappa shape index (κ2) is 7.12. The van der Waals surface area contributed by atoms with Crippen LogP contribution in [0.1, 0.15) is 10.4 Å². The zero-order valence-electron chi connectivity index (χ0n) is 9.95. The van der Waals surface area contributed by atoms with E-state index in [1.807, 2.05) is 0 Å². The fourth-order valence-electron chi connectivity index (χ4n) is 1.54. The van der Waals surface area contributed by atoms with Crippen molar-refractivity contribution < 1.29 is 20.2 Å². The summed E-state index contributed by atoms with van der Waals surface area (Å²) in [6.07, 6.45) is 0. The summed E-state index contributed by atoms with van der Waals surface area (Å²) < 4.78 is 0. The molecule has 0 aliphatic rings. The number of phenolic OH excluding ortho intramolecular Hbond substituents is 1. The number of benzene rings is 2. The third kappa shape index (κ3) is 4.07. The molecule has 0 spiro atoms. The zero-order chi connectivity index (χ0) is 14.3. The molecule has 100 valence electrons. The number of aromatic carboxylic acids is 1. The van der Waals surface area contributed by atoms with Gasteiger partial charge in [0.25, 0.3) is 0 Å². The summed E-state index contributed by atoms with van der Waals surface area (Å²) in [5.74, 6) is 3.32. The van der Waals surface area contributed by atoms with Crippen LogP contribution in [0.25, 0.3) is 11.1 Å². The van der Waals surface area contributed by atoms with Gasteiger partial charge in [0.05, 0.1) is 5.56 Å². The van der Waals surface area contributed by atoms with E-state index < -0.39 is 5.97 Å². The lowest BCUT2D eigenvalue weighted by molar-refractivity contribution is 0.0697. The van der Waals surface area contributed by atoms with Gasteiger partial charge in [-0.3, -0.25) is 0 Å². The average Bonchev–Trinajstić information content (AvgIpc) is 2.40. The van der Waals surface area contributed by atoms with E-state index in [1.165, 1.54) is 17.7 Å². The smallest absolute Gasteiger partial charge is 0.335 e. The largest absolute Gasteiger partial charge is 0.507 e. The molecule has 0 aliphatic heterocycles. The first kappa shape index (κ1) is 14.7. The lowest BCUT2D eigenvalue weighted by atomic mass is 10.0. The van der Waals surface area contributed by atoms with E-state index in [9.17, 15) is 9.90 Å². The first-order valence-corrected chi connectivity index (χ1v) is 5.31. The van der Waals surface area contributed by atoms with E-state index >= 15 is 0 Å². The highest BCUT2D eigenvalue weighted by Gasteiger charge is 2.06. The van der Waals surface area contributed by atoms with Crippen LogP contribution < -0.4 is 11.4 Å². The number of para-hydroxylation sites is 1. The van der Waals surface area contributed by atoms with Gasteiger partial charge in [-0.1, -0.05) is 30.3 Å². The molecular weight excluding hydrogens is 248 g/mol. The number of hydrazine groups is 1. The number of hydrogen-bond donors (Lipinski definition) is 5. The van der Waals surface area contributed by atoms with Crippen molar-refractivity contribution in [3.05, 3.63) is 54.1 Å². The van der Waals surface area contributed by atoms with Crippen molar-refractivity contribution in [3.63, 3.8) is 0 Å². The van der Waals surface area contributed by atoms with Gasteiger partial charge < -0.3 is 15.4 Å². The van der Waals surface area contributed by atoms with E-state index in [2.05, 4.69) is 5.84 Å². The lowest BCUT2D eigenvalue weighted by Gasteiger charge is -2.05. The Morgan fingerprint density at radius 1 is 1.11 bits per heavy atom. The summed E-state index contributed by atoms with van der Waals surface area (Å²) in [6, 6.07) is 13.3. The van der Waals surface area contributed by atoms with Crippen LogP contribution in [-0.2, 0) is 0 Å². The average molecular weight is 262 g/mol. The van der Waals surface area contributed by atoms with Crippen LogP contribution in [0.2, 0.25) is 0 Å². The van der Waals surface area contributed by atoms with Crippen molar-refractivity contribution in [2.45, 2.75) is 0 Å².